The summed E-state index contributed by atoms with van der Waals surface area (Å²) in [4.78, 5) is 3.65. The van der Waals surface area contributed by atoms with Gasteiger partial charge in [0, 0.05) is 32.1 Å². The van der Waals surface area contributed by atoms with E-state index in [1.165, 1.54) is 10.5 Å². The van der Waals surface area contributed by atoms with Crippen molar-refractivity contribution < 1.29 is 26.7 Å². The van der Waals surface area contributed by atoms with Crippen LogP contribution < -0.4 is 0 Å². The zero-order valence-electron chi connectivity index (χ0n) is 12.5. The molecule has 1 N–H and O–H groups in total. The Morgan fingerprint density at radius 2 is 1.91 bits per heavy atom. The Hall–Kier alpha value is -1.19. The van der Waals surface area contributed by atoms with E-state index in [0.29, 0.717) is 18.4 Å². The van der Waals surface area contributed by atoms with Crippen molar-refractivity contribution in [3.63, 3.8) is 0 Å². The number of aliphatic hydroxyl groups excluding tert-OH is 1. The van der Waals surface area contributed by atoms with E-state index in [4.69, 9.17) is 5.11 Å². The van der Waals surface area contributed by atoms with Gasteiger partial charge in [0.15, 0.2) is 0 Å². The predicted octanol–water partition coefficient (Wildman–Crippen LogP) is 1.99. The zero-order valence-corrected chi connectivity index (χ0v) is 13.3. The Kier molecular flexibility index (Phi) is 5.64. The number of nitrogens with zero attached hydrogens (tertiary/aromatic N) is 2. The van der Waals surface area contributed by atoms with Crippen LogP contribution in [0.1, 0.15) is 36.3 Å². The van der Waals surface area contributed by atoms with Crippen LogP contribution in [0.4, 0.5) is 13.2 Å². The molecule has 1 saturated heterocycles. The fourth-order valence-electron chi connectivity index (χ4n) is 2.68. The van der Waals surface area contributed by atoms with E-state index in [-0.39, 0.29) is 37.8 Å². The van der Waals surface area contributed by atoms with Crippen LogP contribution in [-0.4, -0.2) is 48.3 Å². The van der Waals surface area contributed by atoms with Crippen LogP contribution in [0.25, 0.3) is 0 Å². The zero-order chi connectivity index (χ0) is 17.1. The van der Waals surface area contributed by atoms with Crippen molar-refractivity contribution in [1.82, 2.24) is 9.29 Å². The lowest BCUT2D eigenvalue weighted by molar-refractivity contribution is -0.137. The summed E-state index contributed by atoms with van der Waals surface area (Å²) in [6.07, 6.45) is -1.13. The highest BCUT2D eigenvalue weighted by atomic mass is 32.2. The molecule has 2 heterocycles. The number of aromatic nitrogens is 1. The van der Waals surface area contributed by atoms with Crippen molar-refractivity contribution in [3.05, 3.63) is 29.6 Å². The first-order valence-corrected chi connectivity index (χ1v) is 8.96. The Labute approximate surface area is 133 Å². The second-order valence-corrected chi connectivity index (χ2v) is 7.66. The Morgan fingerprint density at radius 3 is 2.48 bits per heavy atom. The number of rotatable bonds is 5. The highest BCUT2D eigenvalue weighted by molar-refractivity contribution is 7.89. The molecule has 0 unspecified atom stereocenters. The maximum Gasteiger partial charge on any atom is 0.417 e. The molecule has 0 atom stereocenters. The van der Waals surface area contributed by atoms with Gasteiger partial charge in [-0.3, -0.25) is 4.98 Å². The summed E-state index contributed by atoms with van der Waals surface area (Å²) >= 11 is 0. The molecule has 0 aromatic carbocycles. The van der Waals surface area contributed by atoms with Crippen molar-refractivity contribution in [2.45, 2.75) is 31.4 Å². The van der Waals surface area contributed by atoms with E-state index < -0.39 is 21.8 Å². The fraction of sp³-hybridized carbons (Fsp3) is 0.643. The van der Waals surface area contributed by atoms with Crippen LogP contribution in [0.2, 0.25) is 0 Å². The monoisotopic (exact) mass is 352 g/mol. The first-order chi connectivity index (χ1) is 10.7. The molecule has 0 saturated carbocycles. The van der Waals surface area contributed by atoms with Crippen molar-refractivity contribution in [2.75, 3.05) is 25.4 Å². The highest BCUT2D eigenvalue weighted by Gasteiger charge is 2.33. The molecule has 0 amide bonds. The molecule has 1 aromatic heterocycles. The number of aliphatic hydroxyl groups is 1. The number of sulfonamides is 1. The summed E-state index contributed by atoms with van der Waals surface area (Å²) in [5.74, 6) is -0.242. The number of hydrogen-bond donors (Lipinski definition) is 1. The van der Waals surface area contributed by atoms with Gasteiger partial charge in [0.05, 0.1) is 11.3 Å². The fourth-order valence-corrected chi connectivity index (χ4v) is 4.20. The van der Waals surface area contributed by atoms with Gasteiger partial charge in [0.25, 0.3) is 0 Å². The van der Waals surface area contributed by atoms with Crippen molar-refractivity contribution in [2.24, 2.45) is 0 Å². The second-order valence-electron chi connectivity index (χ2n) is 5.57. The van der Waals surface area contributed by atoms with Gasteiger partial charge in [-0.1, -0.05) is 0 Å². The van der Waals surface area contributed by atoms with Crippen LogP contribution in [0.5, 0.6) is 0 Å². The van der Waals surface area contributed by atoms with Gasteiger partial charge in [0.2, 0.25) is 10.0 Å². The van der Waals surface area contributed by atoms with E-state index in [0.717, 1.165) is 12.3 Å². The SMILES string of the molecule is O=S(=O)(CCCO)N1CCC(c2cncc(C(F)(F)F)c2)CC1. The van der Waals surface area contributed by atoms with Crippen molar-refractivity contribution in [1.29, 1.82) is 0 Å². The van der Waals surface area contributed by atoms with Crippen LogP contribution >= 0.6 is 0 Å². The van der Waals surface area contributed by atoms with E-state index in [2.05, 4.69) is 4.98 Å². The molecule has 2 rings (SSSR count). The van der Waals surface area contributed by atoms with Crippen LogP contribution in [-0.2, 0) is 16.2 Å². The van der Waals surface area contributed by atoms with Gasteiger partial charge in [-0.15, -0.1) is 0 Å². The maximum absolute atomic E-state index is 12.7. The third-order valence-electron chi connectivity index (χ3n) is 3.97. The van der Waals surface area contributed by atoms with E-state index in [9.17, 15) is 21.6 Å². The molecule has 0 spiro atoms. The molecular formula is C14H19F3N2O3S. The van der Waals surface area contributed by atoms with Gasteiger partial charge in [0.1, 0.15) is 0 Å². The Balaban J connectivity index is 2.02. The smallest absolute Gasteiger partial charge is 0.396 e. The minimum atomic E-state index is -4.43. The summed E-state index contributed by atoms with van der Waals surface area (Å²) < 4.78 is 63.6. The second kappa shape index (κ2) is 7.14. The van der Waals surface area contributed by atoms with Crippen molar-refractivity contribution in [3.8, 4) is 0 Å². The normalized spacial score (nSPS) is 18.3. The topological polar surface area (TPSA) is 70.5 Å². The van der Waals surface area contributed by atoms with Gasteiger partial charge in [-0.05, 0) is 36.8 Å². The average Bonchev–Trinajstić information content (AvgIpc) is 2.52. The quantitative estimate of drug-likeness (QED) is 0.880. The number of piperidine rings is 1. The average molecular weight is 352 g/mol. The third kappa shape index (κ3) is 4.65. The molecule has 1 aromatic rings. The summed E-state index contributed by atoms with van der Waals surface area (Å²) in [6, 6.07) is 1.09. The van der Waals surface area contributed by atoms with E-state index >= 15 is 0 Å². The Morgan fingerprint density at radius 1 is 1.26 bits per heavy atom. The van der Waals surface area contributed by atoms with E-state index in [1.54, 1.807) is 0 Å². The summed E-state index contributed by atoms with van der Waals surface area (Å²) in [6.45, 7) is 0.356. The lowest BCUT2D eigenvalue weighted by Gasteiger charge is -2.31. The van der Waals surface area contributed by atoms with Crippen LogP contribution in [0, 0.1) is 0 Å². The minimum Gasteiger partial charge on any atom is -0.396 e. The molecule has 23 heavy (non-hydrogen) atoms. The molecule has 1 aliphatic heterocycles. The van der Waals surface area contributed by atoms with Gasteiger partial charge < -0.3 is 5.11 Å². The summed E-state index contributed by atoms with van der Waals surface area (Å²) in [7, 11) is -3.40. The summed E-state index contributed by atoms with van der Waals surface area (Å²) in [5, 5.41) is 8.73. The first kappa shape index (κ1) is 18.2. The third-order valence-corrected chi connectivity index (χ3v) is 5.92. The number of pyridine rings is 1. The highest BCUT2D eigenvalue weighted by Crippen LogP contribution is 2.33. The molecule has 1 aliphatic rings. The molecule has 0 bridgehead atoms. The van der Waals surface area contributed by atoms with Gasteiger partial charge in [-0.25, -0.2) is 12.7 Å². The molecule has 0 aliphatic carbocycles. The standard InChI is InChI=1S/C14H19F3N2O3S/c15-14(16,17)13-8-12(9-18-10-13)11-2-4-19(5-3-11)23(21,22)7-1-6-20/h8-11,20H,1-7H2. The molecule has 1 fully saturated rings. The molecule has 5 nitrogen and oxygen atoms in total. The van der Waals surface area contributed by atoms with Gasteiger partial charge >= 0.3 is 6.18 Å². The molecule has 130 valence electrons. The summed E-state index contributed by atoms with van der Waals surface area (Å²) in [5.41, 5.74) is -0.291. The lowest BCUT2D eigenvalue weighted by Crippen LogP contribution is -2.39. The number of hydrogen-bond acceptors (Lipinski definition) is 4. The van der Waals surface area contributed by atoms with Gasteiger partial charge in [-0.2, -0.15) is 13.2 Å². The largest absolute Gasteiger partial charge is 0.417 e. The van der Waals surface area contributed by atoms with E-state index in [1.807, 2.05) is 0 Å². The number of alkyl halides is 3. The molecular weight excluding hydrogens is 333 g/mol. The van der Waals surface area contributed by atoms with Crippen molar-refractivity contribution >= 4 is 10.0 Å². The molecule has 0 radical (unpaired) electrons. The lowest BCUT2D eigenvalue weighted by atomic mass is 9.90. The molecule has 9 heteroatoms. The maximum atomic E-state index is 12.7. The minimum absolute atomic E-state index is 0.112. The van der Waals surface area contributed by atoms with Crippen LogP contribution in [0.15, 0.2) is 18.5 Å². The Bertz CT molecular complexity index is 626. The van der Waals surface area contributed by atoms with Crippen LogP contribution in [0.3, 0.4) is 0 Å². The number of halogens is 3. The predicted molar refractivity (Wildman–Crippen MR) is 78.3 cm³/mol. The first-order valence-electron chi connectivity index (χ1n) is 7.35.